The second kappa shape index (κ2) is 9.17. The number of anilines is 1. The number of hydrogen-bond acceptors (Lipinski definition) is 3. The molecule has 6 nitrogen and oxygen atoms in total. The fourth-order valence-corrected chi connectivity index (χ4v) is 2.94. The van der Waals surface area contributed by atoms with E-state index in [9.17, 15) is 14.4 Å². The Kier molecular flexibility index (Phi) is 6.93. The van der Waals surface area contributed by atoms with E-state index in [2.05, 4.69) is 10.6 Å². The van der Waals surface area contributed by atoms with E-state index in [0.717, 1.165) is 22.4 Å². The molecule has 0 saturated heterocycles. The van der Waals surface area contributed by atoms with Crippen LogP contribution in [0, 0.1) is 20.8 Å². The third-order valence-electron chi connectivity index (χ3n) is 4.50. The van der Waals surface area contributed by atoms with Crippen molar-refractivity contribution in [3.8, 4) is 0 Å². The smallest absolute Gasteiger partial charge is 0.251 e. The minimum atomic E-state index is -0.744. The zero-order valence-electron chi connectivity index (χ0n) is 17.0. The zero-order chi connectivity index (χ0) is 20.8. The molecule has 0 bridgehead atoms. The highest BCUT2D eigenvalue weighted by atomic mass is 16.2. The van der Waals surface area contributed by atoms with E-state index in [4.69, 9.17) is 0 Å². The van der Waals surface area contributed by atoms with Crippen LogP contribution >= 0.6 is 0 Å². The standard InChI is InChI=1S/C22H27N3O3/c1-14-8-6-11-18(12-14)21(27)23-17(4)22(28)25(5)13-19(26)24-20-15(2)9-7-10-16(20)3/h6-12,17H,13H2,1-5H3,(H,23,27)(H,24,26). The maximum atomic E-state index is 12.5. The number of likely N-dealkylation sites (N-methyl/N-ethyl adjacent to an activating group) is 1. The van der Waals surface area contributed by atoms with Gasteiger partial charge in [0.15, 0.2) is 0 Å². The highest BCUT2D eigenvalue weighted by Gasteiger charge is 2.22. The number of nitrogens with zero attached hydrogens (tertiary/aromatic N) is 1. The molecule has 2 rings (SSSR count). The van der Waals surface area contributed by atoms with E-state index in [-0.39, 0.29) is 24.3 Å². The lowest BCUT2D eigenvalue weighted by Gasteiger charge is -2.22. The Labute approximate surface area is 165 Å². The molecule has 0 aliphatic rings. The van der Waals surface area contributed by atoms with Crippen LogP contribution in [0.1, 0.15) is 34.0 Å². The minimum Gasteiger partial charge on any atom is -0.341 e. The first-order chi connectivity index (χ1) is 13.2. The fraction of sp³-hybridized carbons (Fsp3) is 0.318. The molecule has 0 aliphatic heterocycles. The van der Waals surface area contributed by atoms with Gasteiger partial charge in [0.05, 0.1) is 6.54 Å². The summed E-state index contributed by atoms with van der Waals surface area (Å²) in [5.74, 6) is -0.943. The third kappa shape index (κ3) is 5.42. The lowest BCUT2D eigenvalue weighted by molar-refractivity contribution is -0.134. The van der Waals surface area contributed by atoms with E-state index in [0.29, 0.717) is 5.56 Å². The van der Waals surface area contributed by atoms with Crippen molar-refractivity contribution in [1.82, 2.24) is 10.2 Å². The van der Waals surface area contributed by atoms with Crippen molar-refractivity contribution in [2.24, 2.45) is 0 Å². The summed E-state index contributed by atoms with van der Waals surface area (Å²) >= 11 is 0. The lowest BCUT2D eigenvalue weighted by Crippen LogP contribution is -2.47. The number of nitrogens with one attached hydrogen (secondary N) is 2. The molecule has 2 aromatic rings. The van der Waals surface area contributed by atoms with Gasteiger partial charge in [-0.15, -0.1) is 0 Å². The molecule has 0 saturated carbocycles. The maximum Gasteiger partial charge on any atom is 0.251 e. The second-order valence-electron chi connectivity index (χ2n) is 7.07. The summed E-state index contributed by atoms with van der Waals surface area (Å²) in [6.45, 7) is 7.24. The van der Waals surface area contributed by atoms with Gasteiger partial charge in [0, 0.05) is 18.3 Å². The average molecular weight is 381 g/mol. The van der Waals surface area contributed by atoms with Crippen LogP contribution in [-0.2, 0) is 9.59 Å². The van der Waals surface area contributed by atoms with Gasteiger partial charge in [-0.1, -0.05) is 35.9 Å². The largest absolute Gasteiger partial charge is 0.341 e. The molecule has 0 heterocycles. The van der Waals surface area contributed by atoms with Crippen molar-refractivity contribution < 1.29 is 14.4 Å². The van der Waals surface area contributed by atoms with Crippen molar-refractivity contribution in [3.63, 3.8) is 0 Å². The first-order valence-corrected chi connectivity index (χ1v) is 9.17. The third-order valence-corrected chi connectivity index (χ3v) is 4.50. The molecule has 1 atom stereocenters. The van der Waals surface area contributed by atoms with Crippen molar-refractivity contribution in [2.45, 2.75) is 33.7 Å². The summed E-state index contributed by atoms with van der Waals surface area (Å²) in [6.07, 6.45) is 0. The quantitative estimate of drug-likeness (QED) is 0.808. The first-order valence-electron chi connectivity index (χ1n) is 9.17. The van der Waals surface area contributed by atoms with E-state index < -0.39 is 6.04 Å². The maximum absolute atomic E-state index is 12.5. The lowest BCUT2D eigenvalue weighted by atomic mass is 10.1. The van der Waals surface area contributed by atoms with Crippen LogP contribution in [0.4, 0.5) is 5.69 Å². The van der Waals surface area contributed by atoms with Crippen molar-refractivity contribution in [3.05, 3.63) is 64.7 Å². The molecule has 2 N–H and O–H groups in total. The molecule has 0 radical (unpaired) electrons. The highest BCUT2D eigenvalue weighted by molar-refractivity contribution is 5.99. The van der Waals surface area contributed by atoms with Crippen LogP contribution in [0.5, 0.6) is 0 Å². The van der Waals surface area contributed by atoms with Crippen LogP contribution in [0.2, 0.25) is 0 Å². The monoisotopic (exact) mass is 381 g/mol. The van der Waals surface area contributed by atoms with Gasteiger partial charge in [-0.05, 0) is 51.0 Å². The molecule has 2 aromatic carbocycles. The van der Waals surface area contributed by atoms with Crippen LogP contribution < -0.4 is 10.6 Å². The van der Waals surface area contributed by atoms with Crippen molar-refractivity contribution in [1.29, 1.82) is 0 Å². The number of aryl methyl sites for hydroxylation is 3. The summed E-state index contributed by atoms with van der Waals surface area (Å²) in [6, 6.07) is 12.2. The van der Waals surface area contributed by atoms with E-state index in [1.165, 1.54) is 4.90 Å². The van der Waals surface area contributed by atoms with Gasteiger partial charge in [-0.2, -0.15) is 0 Å². The Morgan fingerprint density at radius 3 is 2.21 bits per heavy atom. The van der Waals surface area contributed by atoms with Gasteiger partial charge in [0.2, 0.25) is 11.8 Å². The Balaban J connectivity index is 1.94. The number of para-hydroxylation sites is 1. The number of hydrogen-bond donors (Lipinski definition) is 2. The number of amides is 3. The molecule has 6 heteroatoms. The number of benzene rings is 2. The van der Waals surface area contributed by atoms with Crippen molar-refractivity contribution >= 4 is 23.4 Å². The summed E-state index contributed by atoms with van der Waals surface area (Å²) < 4.78 is 0. The summed E-state index contributed by atoms with van der Waals surface area (Å²) in [5.41, 5.74) is 4.14. The predicted molar refractivity (Wildman–Crippen MR) is 110 cm³/mol. The fourth-order valence-electron chi connectivity index (χ4n) is 2.94. The van der Waals surface area contributed by atoms with Gasteiger partial charge < -0.3 is 15.5 Å². The summed E-state index contributed by atoms with van der Waals surface area (Å²) in [7, 11) is 1.54. The summed E-state index contributed by atoms with van der Waals surface area (Å²) in [4.78, 5) is 38.5. The molecule has 0 fully saturated rings. The van der Waals surface area contributed by atoms with E-state index >= 15 is 0 Å². The van der Waals surface area contributed by atoms with Crippen LogP contribution in [-0.4, -0.2) is 42.3 Å². The molecular formula is C22H27N3O3. The minimum absolute atomic E-state index is 0.0999. The number of carbonyl (C=O) groups excluding carboxylic acids is 3. The Morgan fingerprint density at radius 2 is 1.61 bits per heavy atom. The molecule has 3 amide bonds. The molecule has 0 spiro atoms. The first kappa shape index (κ1) is 21.2. The normalized spacial score (nSPS) is 11.5. The molecule has 1 unspecified atom stereocenters. The van der Waals surface area contributed by atoms with Crippen LogP contribution in [0.3, 0.4) is 0 Å². The topological polar surface area (TPSA) is 78.5 Å². The molecule has 0 aliphatic carbocycles. The molecule has 148 valence electrons. The number of carbonyl (C=O) groups is 3. The van der Waals surface area contributed by atoms with E-state index in [1.54, 1.807) is 32.2 Å². The van der Waals surface area contributed by atoms with Gasteiger partial charge in [-0.3, -0.25) is 14.4 Å². The Hall–Kier alpha value is -3.15. The van der Waals surface area contributed by atoms with Gasteiger partial charge in [-0.25, -0.2) is 0 Å². The summed E-state index contributed by atoms with van der Waals surface area (Å²) in [5, 5.41) is 5.54. The second-order valence-corrected chi connectivity index (χ2v) is 7.07. The van der Waals surface area contributed by atoms with Crippen molar-refractivity contribution in [2.75, 3.05) is 18.9 Å². The van der Waals surface area contributed by atoms with Gasteiger partial charge in [0.1, 0.15) is 6.04 Å². The molecular weight excluding hydrogens is 354 g/mol. The number of rotatable bonds is 6. The van der Waals surface area contributed by atoms with Gasteiger partial charge in [0.25, 0.3) is 5.91 Å². The Morgan fingerprint density at radius 1 is 1.00 bits per heavy atom. The van der Waals surface area contributed by atoms with Crippen LogP contribution in [0.25, 0.3) is 0 Å². The SMILES string of the molecule is Cc1cccc(C(=O)NC(C)C(=O)N(C)CC(=O)Nc2c(C)cccc2C)c1. The molecule has 0 aromatic heterocycles. The van der Waals surface area contributed by atoms with E-state index in [1.807, 2.05) is 45.0 Å². The highest BCUT2D eigenvalue weighted by Crippen LogP contribution is 2.19. The van der Waals surface area contributed by atoms with Crippen LogP contribution in [0.15, 0.2) is 42.5 Å². The van der Waals surface area contributed by atoms with Gasteiger partial charge >= 0.3 is 0 Å². The molecule has 28 heavy (non-hydrogen) atoms. The Bertz CT molecular complexity index is 872. The predicted octanol–water partition coefficient (Wildman–Crippen LogP) is 2.83. The zero-order valence-corrected chi connectivity index (χ0v) is 17.0. The average Bonchev–Trinajstić information content (AvgIpc) is 2.64.